The first-order valence-electron chi connectivity index (χ1n) is 5.14. The second-order valence-corrected chi connectivity index (χ2v) is 3.93. The molecule has 0 aromatic heterocycles. The van der Waals surface area contributed by atoms with Gasteiger partial charge in [-0.3, -0.25) is 4.79 Å². The summed E-state index contributed by atoms with van der Waals surface area (Å²) in [6, 6.07) is 4.61. The Morgan fingerprint density at radius 1 is 1.24 bits per heavy atom. The predicted octanol–water partition coefficient (Wildman–Crippen LogP) is 3.24. The van der Waals surface area contributed by atoms with Crippen molar-refractivity contribution in [2.24, 2.45) is 0 Å². The molecule has 5 heteroatoms. The third kappa shape index (κ3) is 3.22. The number of hydrogen-bond acceptors (Lipinski definition) is 1. The molecule has 0 radical (unpaired) electrons. The first-order chi connectivity index (χ1) is 7.73. The molecule has 1 amide bonds. The van der Waals surface area contributed by atoms with Crippen LogP contribution in [0.3, 0.4) is 0 Å². The van der Waals surface area contributed by atoms with E-state index < -0.39 is 11.7 Å². The molecule has 1 aromatic rings. The number of carbonyl (C=O) groups is 1. The van der Waals surface area contributed by atoms with E-state index in [0.29, 0.717) is 5.56 Å². The Kier molecular flexibility index (Phi) is 3.80. The molecule has 0 heterocycles. The molecule has 0 saturated carbocycles. The average Bonchev–Trinajstić information content (AvgIpc) is 2.26. The normalized spacial score (nSPS) is 13.3. The SMILES string of the molecule is CC(=O)N(C)C(C)c1ccc(C(F)(F)F)cc1. The number of carbonyl (C=O) groups excluding carboxylic acids is 1. The lowest BCUT2D eigenvalue weighted by Gasteiger charge is -2.24. The summed E-state index contributed by atoms with van der Waals surface area (Å²) >= 11 is 0. The van der Waals surface area contributed by atoms with Crippen LogP contribution >= 0.6 is 0 Å². The van der Waals surface area contributed by atoms with Crippen LogP contribution < -0.4 is 0 Å². The third-order valence-electron chi connectivity index (χ3n) is 2.80. The molecule has 94 valence electrons. The van der Waals surface area contributed by atoms with Gasteiger partial charge in [-0.05, 0) is 24.6 Å². The number of hydrogen-bond donors (Lipinski definition) is 0. The summed E-state index contributed by atoms with van der Waals surface area (Å²) in [5.74, 6) is -0.127. The van der Waals surface area contributed by atoms with Gasteiger partial charge in [0.15, 0.2) is 0 Å². The summed E-state index contributed by atoms with van der Waals surface area (Å²) in [5, 5.41) is 0. The van der Waals surface area contributed by atoms with Gasteiger partial charge in [0.05, 0.1) is 11.6 Å². The Morgan fingerprint density at radius 3 is 2.06 bits per heavy atom. The summed E-state index contributed by atoms with van der Waals surface area (Å²) in [5.41, 5.74) is -0.00497. The van der Waals surface area contributed by atoms with Crippen LogP contribution in [-0.4, -0.2) is 17.9 Å². The minimum absolute atomic E-state index is 0.127. The van der Waals surface area contributed by atoms with Crippen molar-refractivity contribution in [2.45, 2.75) is 26.1 Å². The molecule has 1 unspecified atom stereocenters. The lowest BCUT2D eigenvalue weighted by Crippen LogP contribution is -2.27. The van der Waals surface area contributed by atoms with Gasteiger partial charge in [0.1, 0.15) is 0 Å². The number of benzene rings is 1. The molecule has 0 bridgehead atoms. The largest absolute Gasteiger partial charge is 0.416 e. The van der Waals surface area contributed by atoms with E-state index in [0.717, 1.165) is 12.1 Å². The van der Waals surface area contributed by atoms with E-state index in [2.05, 4.69) is 0 Å². The molecule has 0 spiro atoms. The maximum absolute atomic E-state index is 12.3. The van der Waals surface area contributed by atoms with Gasteiger partial charge >= 0.3 is 6.18 Å². The Morgan fingerprint density at radius 2 is 1.71 bits per heavy atom. The van der Waals surface area contributed by atoms with Crippen molar-refractivity contribution < 1.29 is 18.0 Å². The van der Waals surface area contributed by atoms with Crippen LogP contribution in [-0.2, 0) is 11.0 Å². The van der Waals surface area contributed by atoms with Gasteiger partial charge in [-0.2, -0.15) is 13.2 Å². The van der Waals surface area contributed by atoms with E-state index >= 15 is 0 Å². The molecule has 0 saturated heterocycles. The van der Waals surface area contributed by atoms with Crippen molar-refractivity contribution in [3.05, 3.63) is 35.4 Å². The molecule has 0 N–H and O–H groups in total. The van der Waals surface area contributed by atoms with Crippen LogP contribution in [0.1, 0.15) is 31.0 Å². The van der Waals surface area contributed by atoms with Crippen molar-refractivity contribution in [2.75, 3.05) is 7.05 Å². The highest BCUT2D eigenvalue weighted by Crippen LogP contribution is 2.30. The van der Waals surface area contributed by atoms with Gasteiger partial charge in [0.25, 0.3) is 0 Å². The van der Waals surface area contributed by atoms with E-state index in [9.17, 15) is 18.0 Å². The summed E-state index contributed by atoms with van der Waals surface area (Å²) in [6.45, 7) is 3.19. The molecule has 17 heavy (non-hydrogen) atoms. The number of rotatable bonds is 2. The fourth-order valence-corrected chi connectivity index (χ4v) is 1.45. The summed E-state index contributed by atoms with van der Waals surface area (Å²) in [7, 11) is 1.62. The standard InChI is InChI=1S/C12H14F3NO/c1-8(16(3)9(2)17)10-4-6-11(7-5-10)12(13,14)15/h4-8H,1-3H3. The van der Waals surface area contributed by atoms with Gasteiger partial charge in [0, 0.05) is 14.0 Å². The van der Waals surface area contributed by atoms with Gasteiger partial charge in [0.2, 0.25) is 5.91 Å². The smallest absolute Gasteiger partial charge is 0.339 e. The van der Waals surface area contributed by atoms with Crippen molar-refractivity contribution in [1.82, 2.24) is 4.90 Å². The number of halogens is 3. The molecule has 1 atom stereocenters. The Bertz CT molecular complexity index is 397. The number of amides is 1. The van der Waals surface area contributed by atoms with E-state index in [-0.39, 0.29) is 11.9 Å². The summed E-state index contributed by atoms with van der Waals surface area (Å²) < 4.78 is 37.0. The molecule has 1 rings (SSSR count). The van der Waals surface area contributed by atoms with E-state index in [4.69, 9.17) is 0 Å². The lowest BCUT2D eigenvalue weighted by atomic mass is 10.0. The minimum atomic E-state index is -4.33. The lowest BCUT2D eigenvalue weighted by molar-refractivity contribution is -0.137. The maximum atomic E-state index is 12.3. The highest BCUT2D eigenvalue weighted by atomic mass is 19.4. The zero-order chi connectivity index (χ0) is 13.2. The molecular weight excluding hydrogens is 231 g/mol. The molecule has 0 aliphatic heterocycles. The van der Waals surface area contributed by atoms with Gasteiger partial charge in [-0.15, -0.1) is 0 Å². The molecule has 0 aliphatic carbocycles. The predicted molar refractivity (Wildman–Crippen MR) is 58.3 cm³/mol. The number of nitrogens with zero attached hydrogens (tertiary/aromatic N) is 1. The molecule has 0 fully saturated rings. The molecule has 2 nitrogen and oxygen atoms in total. The number of alkyl halides is 3. The van der Waals surface area contributed by atoms with Crippen molar-refractivity contribution in [3.8, 4) is 0 Å². The average molecular weight is 245 g/mol. The maximum Gasteiger partial charge on any atom is 0.416 e. The van der Waals surface area contributed by atoms with Crippen LogP contribution in [0.5, 0.6) is 0 Å². The van der Waals surface area contributed by atoms with Crippen molar-refractivity contribution in [3.63, 3.8) is 0 Å². The Labute approximate surface area is 98.0 Å². The second kappa shape index (κ2) is 4.77. The first kappa shape index (κ1) is 13.5. The third-order valence-corrected chi connectivity index (χ3v) is 2.80. The quantitative estimate of drug-likeness (QED) is 0.783. The first-order valence-corrected chi connectivity index (χ1v) is 5.14. The zero-order valence-electron chi connectivity index (χ0n) is 9.88. The van der Waals surface area contributed by atoms with Crippen LogP contribution in [0.15, 0.2) is 24.3 Å². The van der Waals surface area contributed by atoms with Gasteiger partial charge < -0.3 is 4.90 Å². The fraction of sp³-hybridized carbons (Fsp3) is 0.417. The summed E-state index contributed by atoms with van der Waals surface area (Å²) in [6.07, 6.45) is -4.33. The van der Waals surface area contributed by atoms with Crippen LogP contribution in [0.25, 0.3) is 0 Å². The topological polar surface area (TPSA) is 20.3 Å². The van der Waals surface area contributed by atoms with Crippen LogP contribution in [0.2, 0.25) is 0 Å². The Balaban J connectivity index is 2.92. The molecule has 1 aromatic carbocycles. The van der Waals surface area contributed by atoms with E-state index in [1.165, 1.54) is 24.0 Å². The van der Waals surface area contributed by atoms with Gasteiger partial charge in [-0.25, -0.2) is 0 Å². The second-order valence-electron chi connectivity index (χ2n) is 3.93. The van der Waals surface area contributed by atoms with Crippen molar-refractivity contribution >= 4 is 5.91 Å². The highest BCUT2D eigenvalue weighted by molar-refractivity contribution is 5.73. The van der Waals surface area contributed by atoms with Crippen LogP contribution in [0, 0.1) is 0 Å². The fourth-order valence-electron chi connectivity index (χ4n) is 1.45. The monoisotopic (exact) mass is 245 g/mol. The minimum Gasteiger partial charge on any atom is -0.339 e. The zero-order valence-corrected chi connectivity index (χ0v) is 9.88. The van der Waals surface area contributed by atoms with Crippen LogP contribution in [0.4, 0.5) is 13.2 Å². The molecule has 0 aliphatic rings. The summed E-state index contributed by atoms with van der Waals surface area (Å²) in [4.78, 5) is 12.6. The highest BCUT2D eigenvalue weighted by Gasteiger charge is 2.30. The van der Waals surface area contributed by atoms with Crippen molar-refractivity contribution in [1.29, 1.82) is 0 Å². The Hall–Kier alpha value is -1.52. The van der Waals surface area contributed by atoms with E-state index in [1.54, 1.807) is 14.0 Å². The molecular formula is C12H14F3NO. The van der Waals surface area contributed by atoms with Gasteiger partial charge in [-0.1, -0.05) is 12.1 Å². The van der Waals surface area contributed by atoms with E-state index in [1.807, 2.05) is 0 Å².